The summed E-state index contributed by atoms with van der Waals surface area (Å²) < 4.78 is 35.7. The lowest BCUT2D eigenvalue weighted by Gasteiger charge is -2.39. The van der Waals surface area contributed by atoms with Crippen LogP contribution in [0.3, 0.4) is 0 Å². The number of alkyl halides is 3. The Morgan fingerprint density at radius 2 is 1.95 bits per heavy atom. The predicted octanol–water partition coefficient (Wildman–Crippen LogP) is 0.228. The van der Waals surface area contributed by atoms with Gasteiger partial charge < -0.3 is 16.0 Å². The van der Waals surface area contributed by atoms with Crippen LogP contribution >= 0.6 is 0 Å². The average Bonchev–Trinajstić information content (AvgIpc) is 2.28. The molecule has 3 amide bonds. The molecule has 0 aliphatic carbocycles. The second-order valence-electron chi connectivity index (χ2n) is 5.50. The molecule has 0 saturated carbocycles. The van der Waals surface area contributed by atoms with Gasteiger partial charge >= 0.3 is 6.18 Å². The molecule has 0 spiro atoms. The second kappa shape index (κ2) is 6.31. The van der Waals surface area contributed by atoms with Gasteiger partial charge in [0.1, 0.15) is 13.0 Å². The number of nitrogens with one attached hydrogen (secondary N) is 3. The monoisotopic (exact) mass is 309 g/mol. The Hall–Kier alpha value is -1.80. The number of hydrogen-bond acceptors (Lipinski definition) is 3. The third kappa shape index (κ3) is 6.01. The van der Waals surface area contributed by atoms with Crippen LogP contribution in [0.5, 0.6) is 0 Å². The summed E-state index contributed by atoms with van der Waals surface area (Å²) in [6.07, 6.45) is -4.54. The maximum absolute atomic E-state index is 11.9. The minimum Gasteiger partial charge on any atom is -0.351 e. The lowest BCUT2D eigenvalue weighted by molar-refractivity contribution is -0.141. The van der Waals surface area contributed by atoms with Gasteiger partial charge in [-0.1, -0.05) is 0 Å². The van der Waals surface area contributed by atoms with Crippen molar-refractivity contribution < 1.29 is 27.6 Å². The number of carbonyl (C=O) groups is 3. The van der Waals surface area contributed by atoms with Crippen LogP contribution in [0.25, 0.3) is 0 Å². The van der Waals surface area contributed by atoms with Crippen LogP contribution in [0.15, 0.2) is 0 Å². The fourth-order valence-electron chi connectivity index (χ4n) is 2.05. The lowest BCUT2D eigenvalue weighted by Crippen LogP contribution is -2.62. The molecule has 1 fully saturated rings. The third-order valence-electron chi connectivity index (χ3n) is 3.14. The molecule has 21 heavy (non-hydrogen) atoms. The van der Waals surface area contributed by atoms with Crippen LogP contribution < -0.4 is 16.0 Å². The second-order valence-corrected chi connectivity index (χ2v) is 5.50. The van der Waals surface area contributed by atoms with Gasteiger partial charge in [0.25, 0.3) is 0 Å². The molecule has 1 aliphatic rings. The van der Waals surface area contributed by atoms with Gasteiger partial charge in [0.2, 0.25) is 17.7 Å². The van der Waals surface area contributed by atoms with Crippen molar-refractivity contribution in [3.63, 3.8) is 0 Å². The van der Waals surface area contributed by atoms with Gasteiger partial charge in [-0.25, -0.2) is 0 Å². The molecular weight excluding hydrogens is 291 g/mol. The lowest BCUT2D eigenvalue weighted by atomic mass is 9.87. The number of halogens is 3. The zero-order valence-electron chi connectivity index (χ0n) is 11.8. The van der Waals surface area contributed by atoms with Crippen LogP contribution in [-0.2, 0) is 14.4 Å². The van der Waals surface area contributed by atoms with Gasteiger partial charge in [-0.2, -0.15) is 13.2 Å². The van der Waals surface area contributed by atoms with Gasteiger partial charge in [-0.3, -0.25) is 14.4 Å². The van der Waals surface area contributed by atoms with E-state index in [2.05, 4.69) is 10.6 Å². The Bertz CT molecular complexity index is 435. The standard InChI is InChI=1S/C12H18F3N3O3/c1-11(2)7(3-4-8(19)18-11)17-10(21)5-9(20)16-6-12(13,14)15/h7H,3-6H2,1-2H3,(H,16,20)(H,17,21)(H,18,19). The number of rotatable bonds is 4. The van der Waals surface area contributed by atoms with Crippen LogP contribution in [-0.4, -0.2) is 42.0 Å². The van der Waals surface area contributed by atoms with E-state index >= 15 is 0 Å². The van der Waals surface area contributed by atoms with Crippen LogP contribution in [0.4, 0.5) is 13.2 Å². The molecule has 0 aromatic rings. The van der Waals surface area contributed by atoms with E-state index in [4.69, 9.17) is 0 Å². The average molecular weight is 309 g/mol. The Balaban J connectivity index is 2.43. The first-order valence-electron chi connectivity index (χ1n) is 6.43. The summed E-state index contributed by atoms with van der Waals surface area (Å²) in [7, 11) is 0. The van der Waals surface area contributed by atoms with E-state index in [0.717, 1.165) is 0 Å². The summed E-state index contributed by atoms with van der Waals surface area (Å²) in [4.78, 5) is 34.1. The number of carbonyl (C=O) groups excluding carboxylic acids is 3. The van der Waals surface area contributed by atoms with Crippen molar-refractivity contribution in [3.05, 3.63) is 0 Å². The van der Waals surface area contributed by atoms with E-state index in [1.54, 1.807) is 19.2 Å². The van der Waals surface area contributed by atoms with Crippen LogP contribution in [0.2, 0.25) is 0 Å². The summed E-state index contributed by atoms with van der Waals surface area (Å²) in [5.74, 6) is -1.81. The molecule has 120 valence electrons. The van der Waals surface area contributed by atoms with Crippen molar-refractivity contribution >= 4 is 17.7 Å². The van der Waals surface area contributed by atoms with Gasteiger partial charge in [-0.15, -0.1) is 0 Å². The SMILES string of the molecule is CC1(C)NC(=O)CCC1NC(=O)CC(=O)NCC(F)(F)F. The zero-order chi connectivity index (χ0) is 16.3. The Labute approximate surface area is 119 Å². The van der Waals surface area contributed by atoms with Crippen molar-refractivity contribution in [2.24, 2.45) is 0 Å². The first kappa shape index (κ1) is 17.3. The van der Waals surface area contributed by atoms with E-state index in [9.17, 15) is 27.6 Å². The Morgan fingerprint density at radius 3 is 2.48 bits per heavy atom. The fraction of sp³-hybridized carbons (Fsp3) is 0.750. The highest BCUT2D eigenvalue weighted by Crippen LogP contribution is 2.19. The molecule has 0 aromatic carbocycles. The van der Waals surface area contributed by atoms with Gasteiger partial charge in [0, 0.05) is 6.42 Å². The van der Waals surface area contributed by atoms with Crippen molar-refractivity contribution in [2.45, 2.75) is 50.9 Å². The normalized spacial score (nSPS) is 21.4. The van der Waals surface area contributed by atoms with E-state index in [1.165, 1.54) is 0 Å². The minimum absolute atomic E-state index is 0.131. The molecule has 9 heteroatoms. The highest BCUT2D eigenvalue weighted by Gasteiger charge is 2.36. The quantitative estimate of drug-likeness (QED) is 0.650. The van der Waals surface area contributed by atoms with E-state index < -0.39 is 36.5 Å². The molecule has 1 saturated heterocycles. The molecule has 6 nitrogen and oxygen atoms in total. The highest BCUT2D eigenvalue weighted by molar-refractivity contribution is 5.97. The summed E-state index contributed by atoms with van der Waals surface area (Å²) >= 11 is 0. The summed E-state index contributed by atoms with van der Waals surface area (Å²) in [5.41, 5.74) is -0.673. The largest absolute Gasteiger partial charge is 0.405 e. The summed E-state index contributed by atoms with van der Waals surface area (Å²) in [6.45, 7) is 1.97. The molecule has 0 aromatic heterocycles. The molecule has 1 unspecified atom stereocenters. The van der Waals surface area contributed by atoms with Crippen molar-refractivity contribution in [1.82, 2.24) is 16.0 Å². The molecule has 0 radical (unpaired) electrons. The van der Waals surface area contributed by atoms with Crippen molar-refractivity contribution in [1.29, 1.82) is 0 Å². The Morgan fingerprint density at radius 1 is 1.33 bits per heavy atom. The topological polar surface area (TPSA) is 87.3 Å². The molecule has 1 rings (SSSR count). The van der Waals surface area contributed by atoms with E-state index in [-0.39, 0.29) is 18.4 Å². The number of amides is 3. The zero-order valence-corrected chi connectivity index (χ0v) is 11.8. The molecule has 1 heterocycles. The van der Waals surface area contributed by atoms with Crippen molar-refractivity contribution in [2.75, 3.05) is 6.54 Å². The van der Waals surface area contributed by atoms with E-state index in [0.29, 0.717) is 6.42 Å². The third-order valence-corrected chi connectivity index (χ3v) is 3.14. The molecule has 3 N–H and O–H groups in total. The van der Waals surface area contributed by atoms with Crippen LogP contribution in [0, 0.1) is 0 Å². The van der Waals surface area contributed by atoms with E-state index in [1.807, 2.05) is 0 Å². The number of hydrogen-bond donors (Lipinski definition) is 3. The van der Waals surface area contributed by atoms with Crippen molar-refractivity contribution in [3.8, 4) is 0 Å². The predicted molar refractivity (Wildman–Crippen MR) is 67.1 cm³/mol. The summed E-state index contributed by atoms with van der Waals surface area (Å²) in [6, 6.07) is -0.377. The maximum atomic E-state index is 11.9. The molecular formula is C12H18F3N3O3. The first-order chi connectivity index (χ1) is 9.49. The first-order valence-corrected chi connectivity index (χ1v) is 6.43. The highest BCUT2D eigenvalue weighted by atomic mass is 19.4. The van der Waals surface area contributed by atoms with Crippen LogP contribution in [0.1, 0.15) is 33.1 Å². The van der Waals surface area contributed by atoms with Gasteiger partial charge in [0.05, 0.1) is 11.6 Å². The summed E-state index contributed by atoms with van der Waals surface area (Å²) in [5, 5.41) is 6.89. The maximum Gasteiger partial charge on any atom is 0.405 e. The minimum atomic E-state index is -4.51. The number of piperidine rings is 1. The molecule has 1 aliphatic heterocycles. The van der Waals surface area contributed by atoms with Gasteiger partial charge in [-0.05, 0) is 20.3 Å². The Kier molecular flexibility index (Phi) is 5.19. The fourth-order valence-corrected chi connectivity index (χ4v) is 2.05. The van der Waals surface area contributed by atoms with Gasteiger partial charge in [0.15, 0.2) is 0 Å². The smallest absolute Gasteiger partial charge is 0.351 e. The molecule has 1 atom stereocenters. The molecule has 0 bridgehead atoms.